The molecule has 0 aliphatic rings. The molecule has 0 heterocycles. The highest BCUT2D eigenvalue weighted by Crippen LogP contribution is 2.37. The molecule has 2 nitrogen and oxygen atoms in total. The number of halogens is 3. The Bertz CT molecular complexity index is 982. The van der Waals surface area contributed by atoms with Crippen molar-refractivity contribution >= 4 is 34.6 Å². The van der Waals surface area contributed by atoms with Gasteiger partial charge in [-0.2, -0.15) is 0 Å². The summed E-state index contributed by atoms with van der Waals surface area (Å²) in [5.74, 6) is -2.72. The Morgan fingerprint density at radius 2 is 1.31 bits per heavy atom. The fraction of sp³-hybridized carbons (Fsp3) is 0.308. The van der Waals surface area contributed by atoms with E-state index in [0.717, 1.165) is 20.4 Å². The highest BCUT2D eigenvalue weighted by atomic mass is 79.9. The summed E-state index contributed by atoms with van der Waals surface area (Å²) in [4.78, 5) is 0. The van der Waals surface area contributed by atoms with Gasteiger partial charge in [0.1, 0.15) is 12.4 Å². The van der Waals surface area contributed by atoms with Gasteiger partial charge in [-0.25, -0.2) is 8.78 Å². The maximum Gasteiger partial charge on any atom is 0.302 e. The van der Waals surface area contributed by atoms with Crippen molar-refractivity contribution in [3.8, 4) is 5.75 Å². The Morgan fingerprint density at radius 1 is 0.781 bits per heavy atom. The quantitative estimate of drug-likeness (QED) is 0.323. The number of alkyl halides is 2. The van der Waals surface area contributed by atoms with E-state index in [1.54, 1.807) is 12.1 Å². The fourth-order valence-electron chi connectivity index (χ4n) is 3.94. The zero-order valence-electron chi connectivity index (χ0n) is 18.9. The van der Waals surface area contributed by atoms with Crippen LogP contribution in [-0.4, -0.2) is 27.5 Å². The average molecular weight is 520 g/mol. The number of benzene rings is 3. The van der Waals surface area contributed by atoms with E-state index >= 15 is 8.78 Å². The lowest BCUT2D eigenvalue weighted by Crippen LogP contribution is -2.67. The highest BCUT2D eigenvalue weighted by molar-refractivity contribution is 9.10. The lowest BCUT2D eigenvalue weighted by atomic mass is 10.2. The number of ether oxygens (including phenoxy) is 1. The number of hydrogen-bond acceptors (Lipinski definition) is 2. The smallest absolute Gasteiger partial charge is 0.302 e. The van der Waals surface area contributed by atoms with Crippen molar-refractivity contribution in [1.82, 2.24) is 0 Å². The molecule has 0 fully saturated rings. The minimum Gasteiger partial charge on any atom is -0.487 e. The van der Waals surface area contributed by atoms with Gasteiger partial charge in [0.25, 0.3) is 8.32 Å². The molecule has 0 radical (unpaired) electrons. The van der Waals surface area contributed by atoms with Gasteiger partial charge < -0.3 is 9.16 Å². The monoisotopic (exact) mass is 518 g/mol. The van der Waals surface area contributed by atoms with Gasteiger partial charge >= 0.3 is 5.92 Å². The van der Waals surface area contributed by atoms with E-state index in [2.05, 4.69) is 36.7 Å². The third-order valence-electron chi connectivity index (χ3n) is 5.57. The second-order valence-corrected chi connectivity index (χ2v) is 14.1. The molecule has 0 amide bonds. The minimum atomic E-state index is -3.15. The molecule has 0 unspecified atom stereocenters. The maximum absolute atomic E-state index is 15.1. The van der Waals surface area contributed by atoms with Gasteiger partial charge in [0.05, 0.1) is 0 Å². The van der Waals surface area contributed by atoms with Crippen LogP contribution < -0.4 is 15.1 Å². The van der Waals surface area contributed by atoms with Gasteiger partial charge in [0, 0.05) is 10.0 Å². The number of rotatable bonds is 8. The molecular formula is C26H29BrF2O2Si. The first-order chi connectivity index (χ1) is 15.1. The normalized spacial score (nSPS) is 12.6. The lowest BCUT2D eigenvalue weighted by molar-refractivity contribution is -0.0754. The van der Waals surface area contributed by atoms with E-state index in [1.807, 2.05) is 73.7 Å². The van der Waals surface area contributed by atoms with Crippen LogP contribution in [-0.2, 0) is 4.43 Å². The molecule has 0 atom stereocenters. The Kier molecular flexibility index (Phi) is 7.58. The van der Waals surface area contributed by atoms with Gasteiger partial charge in [-0.1, -0.05) is 103 Å². The van der Waals surface area contributed by atoms with Crippen LogP contribution in [0.25, 0.3) is 0 Å². The third kappa shape index (κ3) is 5.30. The first-order valence-electron chi connectivity index (χ1n) is 10.6. The third-order valence-corrected chi connectivity index (χ3v) is 11.4. The molecule has 6 heteroatoms. The summed E-state index contributed by atoms with van der Waals surface area (Å²) in [5.41, 5.74) is 0.788. The van der Waals surface area contributed by atoms with E-state index in [-0.39, 0.29) is 5.04 Å². The van der Waals surface area contributed by atoms with Crippen molar-refractivity contribution in [3.63, 3.8) is 0 Å². The Morgan fingerprint density at radius 3 is 1.81 bits per heavy atom. The van der Waals surface area contributed by atoms with Crippen LogP contribution >= 0.6 is 15.9 Å². The van der Waals surface area contributed by atoms with Crippen molar-refractivity contribution < 1.29 is 17.9 Å². The van der Waals surface area contributed by atoms with E-state index in [1.165, 1.54) is 0 Å². The molecule has 32 heavy (non-hydrogen) atoms. The molecule has 0 bridgehead atoms. The van der Waals surface area contributed by atoms with Gasteiger partial charge in [-0.05, 0) is 34.5 Å². The number of hydrogen-bond donors (Lipinski definition) is 0. The topological polar surface area (TPSA) is 18.5 Å². The van der Waals surface area contributed by atoms with Crippen LogP contribution in [0.4, 0.5) is 8.78 Å². The second-order valence-electron chi connectivity index (χ2n) is 8.96. The molecule has 3 aromatic rings. The first-order valence-corrected chi connectivity index (χ1v) is 13.3. The van der Waals surface area contributed by atoms with E-state index in [9.17, 15) is 0 Å². The van der Waals surface area contributed by atoms with Gasteiger partial charge in [0.15, 0.2) is 6.61 Å². The van der Waals surface area contributed by atoms with E-state index in [4.69, 9.17) is 9.16 Å². The highest BCUT2D eigenvalue weighted by Gasteiger charge is 2.51. The lowest BCUT2D eigenvalue weighted by Gasteiger charge is -2.43. The second kappa shape index (κ2) is 9.85. The summed E-state index contributed by atoms with van der Waals surface area (Å²) in [6, 6.07) is 24.9. The van der Waals surface area contributed by atoms with Crippen LogP contribution in [0, 0.1) is 6.92 Å². The molecular weight excluding hydrogens is 490 g/mol. The average Bonchev–Trinajstić information content (AvgIpc) is 2.76. The largest absolute Gasteiger partial charge is 0.487 e. The van der Waals surface area contributed by atoms with Crippen LogP contribution in [0.5, 0.6) is 5.75 Å². The van der Waals surface area contributed by atoms with Crippen molar-refractivity contribution in [1.29, 1.82) is 0 Å². The van der Waals surface area contributed by atoms with Crippen molar-refractivity contribution in [2.45, 2.75) is 38.7 Å². The van der Waals surface area contributed by atoms with Crippen LogP contribution in [0.3, 0.4) is 0 Å². The molecule has 3 rings (SSSR count). The summed E-state index contributed by atoms with van der Waals surface area (Å²) < 4.78 is 42.8. The molecule has 0 aliphatic heterocycles. The molecule has 3 aromatic carbocycles. The fourth-order valence-corrected chi connectivity index (χ4v) is 8.88. The minimum absolute atomic E-state index is 0.368. The molecule has 0 N–H and O–H groups in total. The maximum atomic E-state index is 15.1. The first kappa shape index (κ1) is 24.6. The molecule has 0 spiro atoms. The van der Waals surface area contributed by atoms with E-state index < -0.39 is 27.5 Å². The van der Waals surface area contributed by atoms with E-state index in [0.29, 0.717) is 5.75 Å². The van der Waals surface area contributed by atoms with Crippen LogP contribution in [0.15, 0.2) is 83.3 Å². The zero-order chi connectivity index (χ0) is 23.4. The van der Waals surface area contributed by atoms with Gasteiger partial charge in [-0.15, -0.1) is 0 Å². The summed E-state index contributed by atoms with van der Waals surface area (Å²) in [5, 5.41) is 1.57. The molecule has 0 saturated heterocycles. The van der Waals surface area contributed by atoms with Crippen molar-refractivity contribution in [3.05, 3.63) is 88.9 Å². The summed E-state index contributed by atoms with van der Waals surface area (Å²) in [7, 11) is -3.03. The summed E-state index contributed by atoms with van der Waals surface area (Å²) in [6.45, 7) is 6.57. The van der Waals surface area contributed by atoms with Crippen LogP contribution in [0.1, 0.15) is 26.3 Å². The van der Waals surface area contributed by atoms with Crippen LogP contribution in [0.2, 0.25) is 5.04 Å². The van der Waals surface area contributed by atoms with Gasteiger partial charge in [0.2, 0.25) is 0 Å². The molecule has 0 aliphatic carbocycles. The van der Waals surface area contributed by atoms with Gasteiger partial charge in [-0.3, -0.25) is 0 Å². The SMILES string of the molecule is Cc1c(Br)cccc1OCC(F)(F)CO[Si](c1ccccc1)(c1ccccc1)C(C)(C)C. The molecule has 170 valence electrons. The van der Waals surface area contributed by atoms with Crippen molar-refractivity contribution in [2.75, 3.05) is 13.2 Å². The Labute approximate surface area is 198 Å². The Balaban J connectivity index is 1.90. The molecule has 0 aromatic heterocycles. The van der Waals surface area contributed by atoms with Crippen molar-refractivity contribution in [2.24, 2.45) is 0 Å². The molecule has 0 saturated carbocycles. The predicted molar refractivity (Wildman–Crippen MR) is 133 cm³/mol. The zero-order valence-corrected chi connectivity index (χ0v) is 21.5. The Hall–Kier alpha value is -2.02. The predicted octanol–water partition coefficient (Wildman–Crippen LogP) is 6.35. The summed E-state index contributed by atoms with van der Waals surface area (Å²) >= 11 is 3.41. The standard InChI is InChI=1S/C26H29BrF2O2Si/c1-20-23(27)16-11-17-24(20)30-18-26(28,29)19-31-32(25(2,3)4,21-12-7-5-8-13-21)22-14-9-6-10-15-22/h5-17H,18-19H2,1-4H3. The summed E-state index contributed by atoms with van der Waals surface area (Å²) in [6.07, 6.45) is 0.